The van der Waals surface area contributed by atoms with E-state index in [9.17, 15) is 0 Å². The molecule has 0 aromatic heterocycles. The fourth-order valence-corrected chi connectivity index (χ4v) is 3.24. The molecule has 1 atom stereocenters. The van der Waals surface area contributed by atoms with Gasteiger partial charge in [0, 0.05) is 0 Å². The number of hydrogen-bond acceptors (Lipinski definition) is 1. The topological polar surface area (TPSA) is 26.0 Å². The van der Waals surface area contributed by atoms with Crippen LogP contribution in [0.3, 0.4) is 0 Å². The Morgan fingerprint density at radius 2 is 1.70 bits per heavy atom. The van der Waals surface area contributed by atoms with Crippen molar-refractivity contribution in [1.82, 2.24) is 0 Å². The zero-order chi connectivity index (χ0) is 14.1. The molecule has 3 rings (SSSR count). The lowest BCUT2D eigenvalue weighted by atomic mass is 9.87. The highest BCUT2D eigenvalue weighted by atomic mass is 14.6. The van der Waals surface area contributed by atoms with Gasteiger partial charge in [-0.25, -0.2) is 0 Å². The Kier molecular flexibility index (Phi) is 3.62. The van der Waals surface area contributed by atoms with E-state index in [0.717, 1.165) is 0 Å². The van der Waals surface area contributed by atoms with E-state index in [4.69, 9.17) is 5.73 Å². The first-order valence-corrected chi connectivity index (χ1v) is 7.60. The summed E-state index contributed by atoms with van der Waals surface area (Å²) >= 11 is 0. The molecule has 0 amide bonds. The minimum absolute atomic E-state index is 0.0119. The van der Waals surface area contributed by atoms with Crippen molar-refractivity contribution < 1.29 is 0 Å². The van der Waals surface area contributed by atoms with E-state index < -0.39 is 0 Å². The highest BCUT2D eigenvalue weighted by molar-refractivity contribution is 5.43. The molecule has 0 fully saturated rings. The fraction of sp³-hybridized carbons (Fsp3) is 0.368. The van der Waals surface area contributed by atoms with Crippen molar-refractivity contribution in [2.75, 3.05) is 0 Å². The van der Waals surface area contributed by atoms with E-state index in [-0.39, 0.29) is 6.04 Å². The van der Waals surface area contributed by atoms with E-state index in [2.05, 4.69) is 50.2 Å². The number of aryl methyl sites for hydroxylation is 3. The lowest BCUT2D eigenvalue weighted by Gasteiger charge is -2.21. The molecule has 20 heavy (non-hydrogen) atoms. The molecule has 2 N–H and O–H groups in total. The minimum atomic E-state index is -0.0119. The predicted octanol–water partition coefficient (Wildman–Crippen LogP) is 4.23. The van der Waals surface area contributed by atoms with Gasteiger partial charge in [0.1, 0.15) is 0 Å². The average Bonchev–Trinajstić information content (AvgIpc) is 2.49. The van der Waals surface area contributed by atoms with E-state index in [0.29, 0.717) is 0 Å². The van der Waals surface area contributed by atoms with E-state index in [1.165, 1.54) is 59.1 Å². The van der Waals surface area contributed by atoms with Gasteiger partial charge in [0.25, 0.3) is 0 Å². The molecular weight excluding hydrogens is 242 g/mol. The first-order valence-electron chi connectivity index (χ1n) is 7.60. The van der Waals surface area contributed by atoms with Gasteiger partial charge in [0.2, 0.25) is 0 Å². The van der Waals surface area contributed by atoms with Crippen molar-refractivity contribution >= 4 is 0 Å². The Hall–Kier alpha value is -1.60. The summed E-state index contributed by atoms with van der Waals surface area (Å²) in [6.45, 7) is 4.32. The smallest absolute Gasteiger partial charge is 0.0554 e. The van der Waals surface area contributed by atoms with Crippen LogP contribution in [0.15, 0.2) is 36.4 Å². The van der Waals surface area contributed by atoms with Crippen LogP contribution in [0.25, 0.3) is 0 Å². The van der Waals surface area contributed by atoms with Crippen molar-refractivity contribution in [2.24, 2.45) is 5.73 Å². The maximum Gasteiger partial charge on any atom is 0.0554 e. The number of fused-ring (bicyclic) bond motifs is 1. The zero-order valence-corrected chi connectivity index (χ0v) is 12.4. The summed E-state index contributed by atoms with van der Waals surface area (Å²) in [6, 6.07) is 13.2. The van der Waals surface area contributed by atoms with Gasteiger partial charge < -0.3 is 5.73 Å². The molecule has 1 heteroatoms. The average molecular weight is 265 g/mol. The first-order chi connectivity index (χ1) is 9.66. The molecule has 0 saturated carbocycles. The van der Waals surface area contributed by atoms with Gasteiger partial charge in [-0.1, -0.05) is 36.4 Å². The summed E-state index contributed by atoms with van der Waals surface area (Å²) < 4.78 is 0. The molecule has 2 aromatic carbocycles. The summed E-state index contributed by atoms with van der Waals surface area (Å²) in [5.74, 6) is 0. The monoisotopic (exact) mass is 265 g/mol. The largest absolute Gasteiger partial charge is 0.320 e. The van der Waals surface area contributed by atoms with Crippen molar-refractivity contribution in [3.8, 4) is 0 Å². The molecule has 2 aromatic rings. The van der Waals surface area contributed by atoms with Crippen LogP contribution in [-0.2, 0) is 12.8 Å². The summed E-state index contributed by atoms with van der Waals surface area (Å²) in [6.07, 6.45) is 5.08. The molecule has 0 bridgehead atoms. The van der Waals surface area contributed by atoms with Crippen LogP contribution >= 0.6 is 0 Å². The van der Waals surface area contributed by atoms with Gasteiger partial charge in [0.05, 0.1) is 6.04 Å². The van der Waals surface area contributed by atoms with Gasteiger partial charge >= 0.3 is 0 Å². The van der Waals surface area contributed by atoms with Gasteiger partial charge in [-0.15, -0.1) is 0 Å². The quantitative estimate of drug-likeness (QED) is 0.864. The Balaban J connectivity index is 1.98. The van der Waals surface area contributed by atoms with Gasteiger partial charge in [-0.3, -0.25) is 0 Å². The summed E-state index contributed by atoms with van der Waals surface area (Å²) in [4.78, 5) is 0. The molecule has 1 aliphatic carbocycles. The van der Waals surface area contributed by atoms with Crippen LogP contribution in [0.2, 0.25) is 0 Å². The van der Waals surface area contributed by atoms with Crippen molar-refractivity contribution in [1.29, 1.82) is 0 Å². The maximum atomic E-state index is 6.52. The normalized spacial score (nSPS) is 15.8. The third-order valence-electron chi connectivity index (χ3n) is 4.71. The third-order valence-corrected chi connectivity index (χ3v) is 4.71. The molecule has 1 nitrogen and oxygen atoms in total. The molecule has 0 spiro atoms. The van der Waals surface area contributed by atoms with E-state index in [1.54, 1.807) is 0 Å². The molecule has 1 unspecified atom stereocenters. The molecule has 0 heterocycles. The second-order valence-corrected chi connectivity index (χ2v) is 6.00. The summed E-state index contributed by atoms with van der Waals surface area (Å²) in [5.41, 5.74) is 14.7. The molecular formula is C19H23N. The standard InChI is InChI=1S/C19H23N/c1-13-6-5-9-18(14(13)2)19(20)17-11-10-15-7-3-4-8-16(15)12-17/h5-6,9-12,19H,3-4,7-8,20H2,1-2H3. The predicted molar refractivity (Wildman–Crippen MR) is 85.0 cm³/mol. The Labute approximate surface area is 121 Å². The van der Waals surface area contributed by atoms with Crippen molar-refractivity contribution in [3.05, 3.63) is 69.8 Å². The first kappa shape index (κ1) is 13.4. The van der Waals surface area contributed by atoms with Crippen molar-refractivity contribution in [3.63, 3.8) is 0 Å². The van der Waals surface area contributed by atoms with Crippen molar-refractivity contribution in [2.45, 2.75) is 45.6 Å². The van der Waals surface area contributed by atoms with Gasteiger partial charge in [-0.2, -0.15) is 0 Å². The fourth-order valence-electron chi connectivity index (χ4n) is 3.24. The molecule has 104 valence electrons. The Morgan fingerprint density at radius 1 is 0.950 bits per heavy atom. The SMILES string of the molecule is Cc1cccc(C(N)c2ccc3c(c2)CCCC3)c1C. The van der Waals surface area contributed by atoms with Crippen LogP contribution in [0.4, 0.5) is 0 Å². The molecule has 1 aliphatic rings. The number of nitrogens with two attached hydrogens (primary N) is 1. The van der Waals surface area contributed by atoms with Crippen LogP contribution < -0.4 is 5.73 Å². The lowest BCUT2D eigenvalue weighted by molar-refractivity contribution is 0.682. The highest BCUT2D eigenvalue weighted by Crippen LogP contribution is 2.28. The van der Waals surface area contributed by atoms with Crippen LogP contribution in [-0.4, -0.2) is 0 Å². The number of rotatable bonds is 2. The van der Waals surface area contributed by atoms with E-state index >= 15 is 0 Å². The van der Waals surface area contributed by atoms with Gasteiger partial charge in [-0.05, 0) is 72.9 Å². The maximum absolute atomic E-state index is 6.52. The zero-order valence-electron chi connectivity index (χ0n) is 12.4. The number of benzene rings is 2. The molecule has 0 radical (unpaired) electrons. The van der Waals surface area contributed by atoms with Crippen LogP contribution in [0.1, 0.15) is 52.3 Å². The summed E-state index contributed by atoms with van der Waals surface area (Å²) in [5, 5.41) is 0. The van der Waals surface area contributed by atoms with E-state index in [1.807, 2.05) is 0 Å². The number of hydrogen-bond donors (Lipinski definition) is 1. The minimum Gasteiger partial charge on any atom is -0.320 e. The summed E-state index contributed by atoms with van der Waals surface area (Å²) in [7, 11) is 0. The van der Waals surface area contributed by atoms with Crippen LogP contribution in [0.5, 0.6) is 0 Å². The Bertz CT molecular complexity index is 628. The highest BCUT2D eigenvalue weighted by Gasteiger charge is 2.15. The molecule has 0 aliphatic heterocycles. The molecule has 0 saturated heterocycles. The second-order valence-electron chi connectivity index (χ2n) is 6.00. The second kappa shape index (κ2) is 5.41. The van der Waals surface area contributed by atoms with Crippen LogP contribution in [0, 0.1) is 13.8 Å². The van der Waals surface area contributed by atoms with Gasteiger partial charge in [0.15, 0.2) is 0 Å². The lowest BCUT2D eigenvalue weighted by Crippen LogP contribution is -2.15. The Morgan fingerprint density at radius 3 is 2.50 bits per heavy atom. The third kappa shape index (κ3) is 2.38.